The highest BCUT2D eigenvalue weighted by Crippen LogP contribution is 2.20. The van der Waals surface area contributed by atoms with Gasteiger partial charge in [-0.25, -0.2) is 8.42 Å². The van der Waals surface area contributed by atoms with Gasteiger partial charge in [0.2, 0.25) is 15.5 Å². The van der Waals surface area contributed by atoms with Gasteiger partial charge in [0, 0.05) is 36.7 Å². The monoisotopic (exact) mass is 441 g/mol. The Bertz CT molecular complexity index is 1250. The second-order valence-corrected chi connectivity index (χ2v) is 9.18. The molecular formula is C22H23N3O5S. The number of fused-ring (bicyclic) bond motifs is 1. The molecule has 3 aromatic rings. The molecule has 9 heteroatoms. The van der Waals surface area contributed by atoms with Crippen LogP contribution < -0.4 is 10.7 Å². The van der Waals surface area contributed by atoms with Gasteiger partial charge in [0.1, 0.15) is 5.56 Å². The number of hydrogen-bond acceptors (Lipinski definition) is 5. The number of aromatic nitrogens is 1. The van der Waals surface area contributed by atoms with Gasteiger partial charge in [0.15, 0.2) is 0 Å². The number of H-pyrrole nitrogens is 1. The molecule has 31 heavy (non-hydrogen) atoms. The number of pyridine rings is 1. The molecule has 0 bridgehead atoms. The van der Waals surface area contributed by atoms with Crippen LogP contribution in [0.1, 0.15) is 15.9 Å². The zero-order valence-electron chi connectivity index (χ0n) is 16.8. The van der Waals surface area contributed by atoms with Crippen LogP contribution in [0.5, 0.6) is 0 Å². The van der Waals surface area contributed by atoms with Crippen molar-refractivity contribution in [3.8, 4) is 0 Å². The number of hydrogen-bond donors (Lipinski definition) is 2. The molecule has 2 N–H and O–H groups in total. The molecule has 1 aromatic heterocycles. The predicted molar refractivity (Wildman–Crippen MR) is 117 cm³/mol. The number of sulfonamides is 1. The molecule has 0 radical (unpaired) electrons. The van der Waals surface area contributed by atoms with Gasteiger partial charge < -0.3 is 15.0 Å². The van der Waals surface area contributed by atoms with Crippen LogP contribution in [0, 0.1) is 0 Å². The normalized spacial score (nSPS) is 15.1. The van der Waals surface area contributed by atoms with Crippen LogP contribution in [0.3, 0.4) is 0 Å². The fourth-order valence-electron chi connectivity index (χ4n) is 3.52. The Morgan fingerprint density at radius 2 is 1.84 bits per heavy atom. The Balaban J connectivity index is 1.57. The lowest BCUT2D eigenvalue weighted by atomic mass is 10.1. The van der Waals surface area contributed by atoms with Crippen molar-refractivity contribution >= 4 is 26.8 Å². The Morgan fingerprint density at radius 1 is 1.10 bits per heavy atom. The summed E-state index contributed by atoms with van der Waals surface area (Å²) in [5.74, 6) is -0.500. The van der Waals surface area contributed by atoms with Gasteiger partial charge in [0.05, 0.1) is 18.1 Å². The number of benzene rings is 2. The van der Waals surface area contributed by atoms with Crippen LogP contribution in [0.25, 0.3) is 10.9 Å². The Labute approximate surface area is 179 Å². The van der Waals surface area contributed by atoms with E-state index in [9.17, 15) is 18.0 Å². The minimum Gasteiger partial charge on any atom is -0.379 e. The summed E-state index contributed by atoms with van der Waals surface area (Å²) >= 11 is 0. The third-order valence-electron chi connectivity index (χ3n) is 5.25. The Kier molecular flexibility index (Phi) is 6.17. The molecule has 0 unspecified atom stereocenters. The number of nitrogens with zero attached hydrogens (tertiary/aromatic N) is 1. The molecule has 1 fully saturated rings. The number of carbonyl (C=O) groups is 1. The van der Waals surface area contributed by atoms with Crippen molar-refractivity contribution in [1.82, 2.24) is 14.6 Å². The van der Waals surface area contributed by atoms with Gasteiger partial charge >= 0.3 is 0 Å². The lowest BCUT2D eigenvalue weighted by molar-refractivity contribution is 0.0730. The average Bonchev–Trinajstić information content (AvgIpc) is 2.80. The van der Waals surface area contributed by atoms with Gasteiger partial charge in [-0.3, -0.25) is 9.59 Å². The fourth-order valence-corrected chi connectivity index (χ4v) is 4.96. The number of aromatic amines is 1. The van der Waals surface area contributed by atoms with Gasteiger partial charge in [-0.05, 0) is 30.2 Å². The standard InChI is InChI=1S/C22H23N3O5S/c26-21-18-14-17(31(28,29)25-10-12-30-13-11-25)6-7-20(18)24-15-19(21)22(27)23-9-8-16-4-2-1-3-5-16/h1-7,14-15H,8-13H2,(H,23,27)(H,24,26). The van der Waals surface area contributed by atoms with Crippen molar-refractivity contribution in [1.29, 1.82) is 0 Å². The maximum absolute atomic E-state index is 12.9. The molecule has 162 valence electrons. The molecule has 0 spiro atoms. The van der Waals surface area contributed by atoms with E-state index in [4.69, 9.17) is 4.74 Å². The third kappa shape index (κ3) is 4.53. The first-order chi connectivity index (χ1) is 15.0. The van der Waals surface area contributed by atoms with Crippen molar-refractivity contribution < 1.29 is 17.9 Å². The van der Waals surface area contributed by atoms with Crippen molar-refractivity contribution in [2.75, 3.05) is 32.8 Å². The first-order valence-corrected chi connectivity index (χ1v) is 11.5. The van der Waals surface area contributed by atoms with Gasteiger partial charge in [-0.15, -0.1) is 0 Å². The van der Waals surface area contributed by atoms with Crippen molar-refractivity contribution in [2.45, 2.75) is 11.3 Å². The van der Waals surface area contributed by atoms with Crippen LogP contribution >= 0.6 is 0 Å². The summed E-state index contributed by atoms with van der Waals surface area (Å²) in [6, 6.07) is 14.0. The number of carbonyl (C=O) groups excluding carboxylic acids is 1. The minimum atomic E-state index is -3.75. The summed E-state index contributed by atoms with van der Waals surface area (Å²) in [5.41, 5.74) is 0.978. The summed E-state index contributed by atoms with van der Waals surface area (Å²) in [7, 11) is -3.75. The van der Waals surface area contributed by atoms with E-state index < -0.39 is 21.4 Å². The molecule has 0 atom stereocenters. The van der Waals surface area contributed by atoms with E-state index in [-0.39, 0.29) is 28.9 Å². The van der Waals surface area contributed by atoms with Crippen molar-refractivity contribution in [3.63, 3.8) is 0 Å². The molecule has 2 aromatic carbocycles. The molecule has 1 saturated heterocycles. The number of rotatable bonds is 6. The van der Waals surface area contributed by atoms with E-state index in [1.165, 1.54) is 22.6 Å². The molecule has 0 aliphatic carbocycles. The van der Waals surface area contributed by atoms with Gasteiger partial charge in [-0.1, -0.05) is 30.3 Å². The number of ether oxygens (including phenoxy) is 1. The van der Waals surface area contributed by atoms with Gasteiger partial charge in [-0.2, -0.15) is 4.31 Å². The molecule has 2 heterocycles. The first-order valence-electron chi connectivity index (χ1n) is 10.0. The fraction of sp³-hybridized carbons (Fsp3) is 0.273. The van der Waals surface area contributed by atoms with E-state index in [2.05, 4.69) is 10.3 Å². The summed E-state index contributed by atoms with van der Waals surface area (Å²) < 4.78 is 32.4. The highest BCUT2D eigenvalue weighted by Gasteiger charge is 2.27. The SMILES string of the molecule is O=C(NCCc1ccccc1)c1c[nH]c2ccc(S(=O)(=O)N3CCOCC3)cc2c1=O. The number of morpholine rings is 1. The lowest BCUT2D eigenvalue weighted by Gasteiger charge is -2.26. The molecule has 1 aliphatic heterocycles. The quantitative estimate of drug-likeness (QED) is 0.603. The molecule has 4 rings (SSSR count). The van der Waals surface area contributed by atoms with Crippen LogP contribution in [0.15, 0.2) is 64.4 Å². The van der Waals surface area contributed by atoms with Crippen molar-refractivity contribution in [3.05, 3.63) is 76.1 Å². The largest absolute Gasteiger partial charge is 0.379 e. The number of amides is 1. The zero-order valence-corrected chi connectivity index (χ0v) is 17.7. The maximum atomic E-state index is 12.9. The Morgan fingerprint density at radius 3 is 2.58 bits per heavy atom. The second-order valence-electron chi connectivity index (χ2n) is 7.25. The maximum Gasteiger partial charge on any atom is 0.256 e. The summed E-state index contributed by atoms with van der Waals surface area (Å²) in [5, 5.41) is 2.91. The predicted octanol–water partition coefficient (Wildman–Crippen LogP) is 1.52. The number of nitrogens with one attached hydrogen (secondary N) is 2. The molecular weight excluding hydrogens is 418 g/mol. The molecule has 1 aliphatic rings. The third-order valence-corrected chi connectivity index (χ3v) is 7.14. The summed E-state index contributed by atoms with van der Waals surface area (Å²) in [4.78, 5) is 28.4. The van der Waals surface area contributed by atoms with Crippen LogP contribution in [0.4, 0.5) is 0 Å². The highest BCUT2D eigenvalue weighted by atomic mass is 32.2. The van der Waals surface area contributed by atoms with Crippen LogP contribution in [-0.2, 0) is 21.2 Å². The molecule has 8 nitrogen and oxygen atoms in total. The van der Waals surface area contributed by atoms with Crippen LogP contribution in [-0.4, -0.2) is 56.5 Å². The summed E-state index contributed by atoms with van der Waals surface area (Å²) in [6.07, 6.45) is 2.00. The van der Waals surface area contributed by atoms with E-state index in [0.29, 0.717) is 31.7 Å². The Hall–Kier alpha value is -3.01. The lowest BCUT2D eigenvalue weighted by Crippen LogP contribution is -2.40. The van der Waals surface area contributed by atoms with Crippen LogP contribution in [0.2, 0.25) is 0 Å². The van der Waals surface area contributed by atoms with Gasteiger partial charge in [0.25, 0.3) is 5.91 Å². The van der Waals surface area contributed by atoms with E-state index in [0.717, 1.165) is 5.56 Å². The average molecular weight is 442 g/mol. The molecule has 0 saturated carbocycles. The van der Waals surface area contributed by atoms with Crippen molar-refractivity contribution in [2.24, 2.45) is 0 Å². The minimum absolute atomic E-state index is 0.0223. The summed E-state index contributed by atoms with van der Waals surface area (Å²) in [6.45, 7) is 1.58. The zero-order chi connectivity index (χ0) is 21.8. The first kappa shape index (κ1) is 21.2. The van der Waals surface area contributed by atoms with E-state index >= 15 is 0 Å². The van der Waals surface area contributed by atoms with E-state index in [1.54, 1.807) is 6.07 Å². The molecule has 1 amide bonds. The van der Waals surface area contributed by atoms with E-state index in [1.807, 2.05) is 30.3 Å². The topological polar surface area (TPSA) is 109 Å². The highest BCUT2D eigenvalue weighted by molar-refractivity contribution is 7.89. The second kappa shape index (κ2) is 9.01. The smallest absolute Gasteiger partial charge is 0.256 e.